The topological polar surface area (TPSA) is 88.8 Å². The largest absolute Gasteiger partial charge is 0.369 e. The van der Waals surface area contributed by atoms with E-state index in [4.69, 9.17) is 57.9 Å². The molecule has 0 unspecified atom stereocenters. The van der Waals surface area contributed by atoms with Crippen molar-refractivity contribution in [3.05, 3.63) is 56.5 Å². The number of halogens is 4. The van der Waals surface area contributed by atoms with E-state index in [1.807, 2.05) is 0 Å². The van der Waals surface area contributed by atoms with Gasteiger partial charge in [-0.25, -0.2) is 4.99 Å². The zero-order valence-electron chi connectivity index (χ0n) is 11.5. The Bertz CT molecular complexity index is 789. The third-order valence-corrected chi connectivity index (χ3v) is 4.05. The highest BCUT2D eigenvalue weighted by Gasteiger charge is 2.02. The standard InChI is InChI=1S/C14H11Cl4N5/c15-9-3-1-7(5-11(9)17)21-13(19)23-14(20)22-8-2-4-10(16)12(18)6-8/h1-6H,(H5,19,20,21,22,23). The minimum absolute atomic E-state index is 0.0460. The fraction of sp³-hybridized carbons (Fsp3) is 0. The lowest BCUT2D eigenvalue weighted by molar-refractivity contribution is 1.39. The van der Waals surface area contributed by atoms with Gasteiger partial charge < -0.3 is 16.8 Å². The first-order valence-electron chi connectivity index (χ1n) is 6.20. The normalized spacial score (nSPS) is 12.3. The van der Waals surface area contributed by atoms with Gasteiger partial charge in [-0.05, 0) is 36.4 Å². The van der Waals surface area contributed by atoms with Crippen molar-refractivity contribution in [3.63, 3.8) is 0 Å². The lowest BCUT2D eigenvalue weighted by atomic mass is 10.3. The number of guanidine groups is 2. The lowest BCUT2D eigenvalue weighted by Crippen LogP contribution is -2.26. The molecule has 9 heteroatoms. The number of anilines is 1. The summed E-state index contributed by atoms with van der Waals surface area (Å²) < 4.78 is 0. The van der Waals surface area contributed by atoms with Crippen LogP contribution in [0, 0.1) is 0 Å². The Kier molecular flexibility index (Phi) is 5.96. The fourth-order valence-corrected chi connectivity index (χ4v) is 2.18. The summed E-state index contributed by atoms with van der Waals surface area (Å²) in [7, 11) is 0. The van der Waals surface area contributed by atoms with Gasteiger partial charge in [0.2, 0.25) is 11.9 Å². The summed E-state index contributed by atoms with van der Waals surface area (Å²) in [5, 5.41) is 4.44. The minimum atomic E-state index is -0.0477. The minimum Gasteiger partial charge on any atom is -0.369 e. The van der Waals surface area contributed by atoms with Crippen LogP contribution in [0.5, 0.6) is 0 Å². The predicted molar refractivity (Wildman–Crippen MR) is 99.5 cm³/mol. The maximum absolute atomic E-state index is 5.91. The van der Waals surface area contributed by atoms with Crippen molar-refractivity contribution in [1.82, 2.24) is 0 Å². The summed E-state index contributed by atoms with van der Waals surface area (Å²) in [6, 6.07) is 9.76. The van der Waals surface area contributed by atoms with Crippen molar-refractivity contribution < 1.29 is 0 Å². The van der Waals surface area contributed by atoms with Crippen LogP contribution in [-0.2, 0) is 0 Å². The molecule has 2 aromatic rings. The van der Waals surface area contributed by atoms with Gasteiger partial charge in [-0.1, -0.05) is 46.4 Å². The van der Waals surface area contributed by atoms with Crippen LogP contribution in [0.2, 0.25) is 20.1 Å². The molecule has 0 aliphatic rings. The van der Waals surface area contributed by atoms with Gasteiger partial charge in [0.05, 0.1) is 25.8 Å². The number of benzene rings is 2. The highest BCUT2D eigenvalue weighted by atomic mass is 35.5. The van der Waals surface area contributed by atoms with Crippen LogP contribution in [0.25, 0.3) is 0 Å². The van der Waals surface area contributed by atoms with E-state index in [1.54, 1.807) is 36.4 Å². The zero-order valence-corrected chi connectivity index (χ0v) is 14.5. The molecule has 23 heavy (non-hydrogen) atoms. The van der Waals surface area contributed by atoms with E-state index in [-0.39, 0.29) is 11.9 Å². The van der Waals surface area contributed by atoms with Crippen LogP contribution >= 0.6 is 46.4 Å². The van der Waals surface area contributed by atoms with Crippen molar-refractivity contribution in [2.24, 2.45) is 21.5 Å². The summed E-state index contributed by atoms with van der Waals surface area (Å²) in [4.78, 5) is 8.00. The highest BCUT2D eigenvalue weighted by molar-refractivity contribution is 6.42. The molecule has 0 saturated heterocycles. The molecule has 120 valence electrons. The van der Waals surface area contributed by atoms with Crippen LogP contribution in [0.15, 0.2) is 46.4 Å². The zero-order chi connectivity index (χ0) is 17.0. The molecule has 0 aliphatic carbocycles. The Morgan fingerprint density at radius 3 is 2.04 bits per heavy atom. The molecule has 5 nitrogen and oxygen atoms in total. The van der Waals surface area contributed by atoms with E-state index in [1.165, 1.54) is 0 Å². The van der Waals surface area contributed by atoms with Gasteiger partial charge >= 0.3 is 0 Å². The average Bonchev–Trinajstić information content (AvgIpc) is 2.46. The van der Waals surface area contributed by atoms with E-state index < -0.39 is 0 Å². The fourth-order valence-electron chi connectivity index (χ4n) is 1.58. The molecule has 0 aliphatic heterocycles. The van der Waals surface area contributed by atoms with Gasteiger partial charge in [-0.15, -0.1) is 0 Å². The Labute approximate surface area is 152 Å². The van der Waals surface area contributed by atoms with E-state index in [9.17, 15) is 0 Å². The van der Waals surface area contributed by atoms with Gasteiger partial charge in [0.25, 0.3) is 0 Å². The van der Waals surface area contributed by atoms with Gasteiger partial charge in [-0.3, -0.25) is 0 Å². The van der Waals surface area contributed by atoms with Crippen molar-refractivity contribution in [3.8, 4) is 0 Å². The second-order valence-corrected chi connectivity index (χ2v) is 5.95. The molecule has 0 saturated carbocycles. The van der Waals surface area contributed by atoms with Crippen molar-refractivity contribution >= 4 is 69.7 Å². The summed E-state index contributed by atoms with van der Waals surface area (Å²) >= 11 is 23.5. The molecule has 0 amide bonds. The molecule has 0 spiro atoms. The van der Waals surface area contributed by atoms with E-state index in [0.29, 0.717) is 31.5 Å². The molecule has 0 aromatic heterocycles. The Hall–Kier alpha value is -1.66. The molecule has 2 rings (SSSR count). The quantitative estimate of drug-likeness (QED) is 0.514. The van der Waals surface area contributed by atoms with Crippen LogP contribution in [0.1, 0.15) is 0 Å². The van der Waals surface area contributed by atoms with Crippen molar-refractivity contribution in [2.45, 2.75) is 0 Å². The summed E-state index contributed by atoms with van der Waals surface area (Å²) in [6.07, 6.45) is 0. The average molecular weight is 391 g/mol. The molecule has 0 radical (unpaired) electrons. The lowest BCUT2D eigenvalue weighted by Gasteiger charge is -2.06. The molecule has 5 N–H and O–H groups in total. The number of hydrogen-bond donors (Lipinski definition) is 3. The monoisotopic (exact) mass is 389 g/mol. The first kappa shape index (κ1) is 17.7. The predicted octanol–water partition coefficient (Wildman–Crippen LogP) is 4.67. The second-order valence-electron chi connectivity index (χ2n) is 4.32. The van der Waals surface area contributed by atoms with Crippen LogP contribution in [0.3, 0.4) is 0 Å². The van der Waals surface area contributed by atoms with Gasteiger partial charge in [0.1, 0.15) is 0 Å². The maximum atomic E-state index is 5.91. The molecule has 0 fully saturated rings. The van der Waals surface area contributed by atoms with Crippen LogP contribution in [-0.4, -0.2) is 11.9 Å². The van der Waals surface area contributed by atoms with E-state index in [2.05, 4.69) is 15.3 Å². The first-order chi connectivity index (χ1) is 10.8. The first-order valence-corrected chi connectivity index (χ1v) is 7.72. The third-order valence-electron chi connectivity index (χ3n) is 2.57. The number of aliphatic imine (C=N–C) groups is 2. The molecule has 0 bridgehead atoms. The van der Waals surface area contributed by atoms with Crippen LogP contribution in [0.4, 0.5) is 11.4 Å². The number of rotatable bonds is 2. The van der Waals surface area contributed by atoms with E-state index >= 15 is 0 Å². The second kappa shape index (κ2) is 7.75. The molecular weight excluding hydrogens is 380 g/mol. The molecule has 0 atom stereocenters. The maximum Gasteiger partial charge on any atom is 0.223 e. The third kappa shape index (κ3) is 5.18. The number of nitrogens with zero attached hydrogens (tertiary/aromatic N) is 2. The summed E-state index contributed by atoms with van der Waals surface area (Å²) in [5.41, 5.74) is 12.6. The SMILES string of the molecule is NC(=Nc1ccc(Cl)c(Cl)c1)N=C(N)Nc1ccc(Cl)c(Cl)c1. The highest BCUT2D eigenvalue weighted by Crippen LogP contribution is 2.27. The number of hydrogen-bond acceptors (Lipinski definition) is 1. The number of nitrogens with one attached hydrogen (secondary N) is 1. The Morgan fingerprint density at radius 2 is 1.43 bits per heavy atom. The molecule has 2 aromatic carbocycles. The number of nitrogens with two attached hydrogens (primary N) is 2. The Balaban J connectivity index is 2.13. The summed E-state index contributed by atoms with van der Waals surface area (Å²) in [6.45, 7) is 0. The van der Waals surface area contributed by atoms with Gasteiger partial charge in [0, 0.05) is 5.69 Å². The molecule has 0 heterocycles. The van der Waals surface area contributed by atoms with E-state index in [0.717, 1.165) is 0 Å². The smallest absolute Gasteiger partial charge is 0.223 e. The van der Waals surface area contributed by atoms with Crippen LogP contribution < -0.4 is 16.8 Å². The van der Waals surface area contributed by atoms with Crippen molar-refractivity contribution in [2.75, 3.05) is 5.32 Å². The van der Waals surface area contributed by atoms with Gasteiger partial charge in [0.15, 0.2) is 0 Å². The van der Waals surface area contributed by atoms with Gasteiger partial charge in [-0.2, -0.15) is 4.99 Å². The Morgan fingerprint density at radius 1 is 0.826 bits per heavy atom. The molecular formula is C14H11Cl4N5. The summed E-state index contributed by atoms with van der Waals surface area (Å²) in [5.74, 6) is -0.00171. The van der Waals surface area contributed by atoms with Crippen molar-refractivity contribution in [1.29, 1.82) is 0 Å².